The van der Waals surface area contributed by atoms with Gasteiger partial charge in [-0.25, -0.2) is 0 Å². The number of benzene rings is 1. The smallest absolute Gasteiger partial charge is 0.293 e. The zero-order valence-electron chi connectivity index (χ0n) is 10.0. The molecule has 1 aromatic carbocycles. The van der Waals surface area contributed by atoms with Gasteiger partial charge in [-0.3, -0.25) is 9.59 Å². The summed E-state index contributed by atoms with van der Waals surface area (Å²) in [6.07, 6.45) is 1.94. The van der Waals surface area contributed by atoms with E-state index in [2.05, 4.69) is 0 Å². The first kappa shape index (κ1) is 11.6. The number of hydrogen-bond donors (Lipinski definition) is 0. The molecule has 0 aliphatic carbocycles. The Balaban J connectivity index is 2.27. The van der Waals surface area contributed by atoms with Crippen molar-refractivity contribution in [1.29, 1.82) is 0 Å². The quantitative estimate of drug-likeness (QED) is 0.728. The van der Waals surface area contributed by atoms with Gasteiger partial charge in [-0.1, -0.05) is 0 Å². The predicted molar refractivity (Wildman–Crippen MR) is 64.3 cm³/mol. The van der Waals surface area contributed by atoms with Gasteiger partial charge in [0.1, 0.15) is 5.75 Å². The van der Waals surface area contributed by atoms with Gasteiger partial charge in [-0.15, -0.1) is 0 Å². The van der Waals surface area contributed by atoms with E-state index in [0.29, 0.717) is 0 Å². The topological polar surface area (TPSA) is 46.6 Å². The molecule has 1 aromatic rings. The van der Waals surface area contributed by atoms with Gasteiger partial charge in [0.2, 0.25) is 5.78 Å². The number of fused-ring (bicyclic) bond motifs is 1. The number of rotatable bonds is 2. The van der Waals surface area contributed by atoms with Gasteiger partial charge in [0.25, 0.3) is 5.91 Å². The molecule has 4 nitrogen and oxygen atoms in total. The molecule has 0 atom stereocenters. The minimum absolute atomic E-state index is 0.457. The Bertz CT molecular complexity index is 468. The van der Waals surface area contributed by atoms with Gasteiger partial charge in [0, 0.05) is 19.7 Å². The summed E-state index contributed by atoms with van der Waals surface area (Å²) in [5.41, 5.74) is 1.83. The summed E-state index contributed by atoms with van der Waals surface area (Å²) in [5.74, 6) is -0.0770. The van der Waals surface area contributed by atoms with E-state index in [1.807, 2.05) is 12.1 Å². The number of hydrogen-bond acceptors (Lipinski definition) is 3. The van der Waals surface area contributed by atoms with Crippen molar-refractivity contribution < 1.29 is 14.3 Å². The molecule has 0 saturated heterocycles. The van der Waals surface area contributed by atoms with Crippen molar-refractivity contribution in [2.75, 3.05) is 18.6 Å². The van der Waals surface area contributed by atoms with Crippen LogP contribution in [-0.4, -0.2) is 25.3 Å². The number of carbonyl (C=O) groups is 2. The molecule has 0 unspecified atom stereocenters. The molecule has 90 valence electrons. The summed E-state index contributed by atoms with van der Waals surface area (Å²) in [5, 5.41) is 0. The number of carbonyl (C=O) groups excluding carboxylic acids is 2. The van der Waals surface area contributed by atoms with Crippen LogP contribution < -0.4 is 9.64 Å². The van der Waals surface area contributed by atoms with Crippen molar-refractivity contribution in [2.45, 2.75) is 19.8 Å². The lowest BCUT2D eigenvalue weighted by Crippen LogP contribution is -2.31. The molecule has 2 rings (SSSR count). The van der Waals surface area contributed by atoms with Crippen molar-refractivity contribution in [1.82, 2.24) is 0 Å². The summed E-state index contributed by atoms with van der Waals surface area (Å²) >= 11 is 0. The minimum Gasteiger partial charge on any atom is -0.493 e. The Kier molecular flexibility index (Phi) is 3.13. The second-order valence-corrected chi connectivity index (χ2v) is 4.16. The van der Waals surface area contributed by atoms with Crippen LogP contribution in [0.5, 0.6) is 5.75 Å². The van der Waals surface area contributed by atoms with Crippen molar-refractivity contribution in [2.24, 2.45) is 0 Å². The van der Waals surface area contributed by atoms with E-state index in [4.69, 9.17) is 4.74 Å². The van der Waals surface area contributed by atoms with Gasteiger partial charge in [0.05, 0.1) is 6.61 Å². The van der Waals surface area contributed by atoms with Gasteiger partial charge < -0.3 is 9.64 Å². The fraction of sp³-hybridized carbons (Fsp3) is 0.385. The predicted octanol–water partition coefficient (Wildman–Crippen LogP) is 1.56. The molecule has 0 spiro atoms. The highest BCUT2D eigenvalue weighted by Crippen LogP contribution is 2.28. The number of Topliss-reactive ketones (excluding diaryl/α,β-unsaturated/α-hetero) is 1. The van der Waals surface area contributed by atoms with Crippen LogP contribution in [0.2, 0.25) is 0 Å². The third-order valence-electron chi connectivity index (χ3n) is 2.89. The van der Waals surface area contributed by atoms with E-state index in [1.54, 1.807) is 13.1 Å². The minimum atomic E-state index is -0.498. The van der Waals surface area contributed by atoms with Crippen molar-refractivity contribution in [3.63, 3.8) is 0 Å². The summed E-state index contributed by atoms with van der Waals surface area (Å²) in [4.78, 5) is 24.0. The average Bonchev–Trinajstić information content (AvgIpc) is 2.36. The maximum atomic E-state index is 11.6. The number of anilines is 1. The molecule has 0 radical (unpaired) electrons. The lowest BCUT2D eigenvalue weighted by atomic mass is 10.1. The summed E-state index contributed by atoms with van der Waals surface area (Å²) in [7, 11) is 1.61. The SMILES string of the molecule is CC(=O)C(=O)N(C)c1ccc2c(c1)CCCO2. The normalized spacial score (nSPS) is 13.5. The summed E-state index contributed by atoms with van der Waals surface area (Å²) in [6, 6.07) is 5.56. The van der Waals surface area contributed by atoms with Crippen molar-refractivity contribution in [3.8, 4) is 5.75 Å². The maximum Gasteiger partial charge on any atom is 0.293 e. The van der Waals surface area contributed by atoms with Crippen LogP contribution in [0.25, 0.3) is 0 Å². The van der Waals surface area contributed by atoms with Crippen molar-refractivity contribution in [3.05, 3.63) is 23.8 Å². The molecule has 0 saturated carbocycles. The van der Waals surface area contributed by atoms with Crippen LogP contribution >= 0.6 is 0 Å². The highest BCUT2D eigenvalue weighted by molar-refractivity contribution is 6.40. The monoisotopic (exact) mass is 233 g/mol. The molecule has 0 fully saturated rings. The first-order valence-corrected chi connectivity index (χ1v) is 5.64. The zero-order chi connectivity index (χ0) is 12.4. The fourth-order valence-electron chi connectivity index (χ4n) is 1.91. The van der Waals surface area contributed by atoms with Crippen LogP contribution in [0.3, 0.4) is 0 Å². The Morgan fingerprint density at radius 3 is 2.82 bits per heavy atom. The van der Waals surface area contributed by atoms with Gasteiger partial charge in [-0.2, -0.15) is 0 Å². The van der Waals surface area contributed by atoms with E-state index in [1.165, 1.54) is 11.8 Å². The molecule has 0 bridgehead atoms. The number of ether oxygens (including phenoxy) is 1. The molecule has 4 heteroatoms. The first-order chi connectivity index (χ1) is 8.09. The molecule has 0 N–H and O–H groups in total. The third-order valence-corrected chi connectivity index (χ3v) is 2.89. The first-order valence-electron chi connectivity index (χ1n) is 5.64. The lowest BCUT2D eigenvalue weighted by Gasteiger charge is -2.21. The molecule has 1 aliphatic rings. The maximum absolute atomic E-state index is 11.6. The molecular formula is C13H15NO3. The van der Waals surface area contributed by atoms with E-state index in [0.717, 1.165) is 36.4 Å². The van der Waals surface area contributed by atoms with Gasteiger partial charge in [0.15, 0.2) is 0 Å². The van der Waals surface area contributed by atoms with E-state index >= 15 is 0 Å². The van der Waals surface area contributed by atoms with Crippen LogP contribution in [0, 0.1) is 0 Å². The number of amides is 1. The third kappa shape index (κ3) is 2.30. The second kappa shape index (κ2) is 4.57. The fourth-order valence-corrected chi connectivity index (χ4v) is 1.91. The molecule has 1 aliphatic heterocycles. The summed E-state index contributed by atoms with van der Waals surface area (Å²) < 4.78 is 5.50. The van der Waals surface area contributed by atoms with E-state index < -0.39 is 11.7 Å². The molecular weight excluding hydrogens is 218 g/mol. The van der Waals surface area contributed by atoms with Crippen LogP contribution in [0.4, 0.5) is 5.69 Å². The van der Waals surface area contributed by atoms with Crippen LogP contribution in [0.15, 0.2) is 18.2 Å². The average molecular weight is 233 g/mol. The summed E-state index contributed by atoms with van der Waals surface area (Å²) in [6.45, 7) is 2.02. The van der Waals surface area contributed by atoms with Crippen molar-refractivity contribution >= 4 is 17.4 Å². The Morgan fingerprint density at radius 1 is 1.35 bits per heavy atom. The number of nitrogens with zero attached hydrogens (tertiary/aromatic N) is 1. The Labute approximate surface area is 100 Å². The van der Waals surface area contributed by atoms with Gasteiger partial charge >= 0.3 is 0 Å². The Morgan fingerprint density at radius 2 is 2.12 bits per heavy atom. The number of aryl methyl sites for hydroxylation is 1. The highest BCUT2D eigenvalue weighted by Gasteiger charge is 2.18. The molecule has 1 heterocycles. The molecule has 17 heavy (non-hydrogen) atoms. The van der Waals surface area contributed by atoms with Crippen LogP contribution in [-0.2, 0) is 16.0 Å². The van der Waals surface area contributed by atoms with E-state index in [9.17, 15) is 9.59 Å². The molecule has 1 amide bonds. The van der Waals surface area contributed by atoms with Gasteiger partial charge in [-0.05, 0) is 36.6 Å². The second-order valence-electron chi connectivity index (χ2n) is 4.16. The largest absolute Gasteiger partial charge is 0.493 e. The molecule has 0 aromatic heterocycles. The van der Waals surface area contributed by atoms with E-state index in [-0.39, 0.29) is 0 Å². The standard InChI is InChI=1S/C13H15NO3/c1-9(15)13(16)14(2)11-5-6-12-10(8-11)4-3-7-17-12/h5-6,8H,3-4,7H2,1-2H3. The lowest BCUT2D eigenvalue weighted by molar-refractivity contribution is -0.134. The zero-order valence-corrected chi connectivity index (χ0v) is 10.0. The number of ketones is 1. The number of likely N-dealkylation sites (N-methyl/N-ethyl adjacent to an activating group) is 1. The Hall–Kier alpha value is -1.84. The van der Waals surface area contributed by atoms with Crippen LogP contribution in [0.1, 0.15) is 18.9 Å². The highest BCUT2D eigenvalue weighted by atomic mass is 16.5.